The van der Waals surface area contributed by atoms with Crippen LogP contribution in [0.15, 0.2) is 48.2 Å². The van der Waals surface area contributed by atoms with Crippen LogP contribution < -0.4 is 5.32 Å². The Morgan fingerprint density at radius 2 is 1.93 bits per heavy atom. The molecule has 5 nitrogen and oxygen atoms in total. The Labute approximate surface area is 170 Å². The zero-order chi connectivity index (χ0) is 19.8. The number of likely N-dealkylation sites (tertiary alicyclic amines) is 1. The molecule has 3 heterocycles. The third kappa shape index (κ3) is 3.60. The number of fused-ring (bicyclic) bond motifs is 2. The van der Waals surface area contributed by atoms with Gasteiger partial charge in [-0.2, -0.15) is 0 Å². The third-order valence-corrected chi connectivity index (χ3v) is 6.08. The van der Waals surface area contributed by atoms with Crippen molar-refractivity contribution in [2.45, 2.75) is 25.7 Å². The maximum absolute atomic E-state index is 12.5. The number of benzene rings is 1. The number of amides is 2. The second-order valence-corrected chi connectivity index (χ2v) is 8.02. The van der Waals surface area contributed by atoms with E-state index in [4.69, 9.17) is 0 Å². The number of hydrogen-bond acceptors (Lipinski definition) is 3. The lowest BCUT2D eigenvalue weighted by Crippen LogP contribution is -2.50. The Hall–Kier alpha value is -3.21. The number of aryl methyl sites for hydroxylation is 2. The molecule has 1 saturated heterocycles. The normalized spacial score (nSPS) is 18.6. The smallest absolute Gasteiger partial charge is 0.246 e. The molecule has 0 bridgehead atoms. The lowest BCUT2D eigenvalue weighted by Gasteiger charge is -2.41. The number of anilines is 1. The minimum Gasteiger partial charge on any atom is -0.338 e. The van der Waals surface area contributed by atoms with Crippen molar-refractivity contribution < 1.29 is 9.59 Å². The van der Waals surface area contributed by atoms with Crippen molar-refractivity contribution in [1.82, 2.24) is 9.88 Å². The van der Waals surface area contributed by atoms with Gasteiger partial charge in [-0.1, -0.05) is 35.9 Å². The van der Waals surface area contributed by atoms with Gasteiger partial charge in [0.25, 0.3) is 0 Å². The lowest BCUT2D eigenvalue weighted by molar-refractivity contribution is -0.131. The van der Waals surface area contributed by atoms with Gasteiger partial charge in [0, 0.05) is 37.7 Å². The maximum atomic E-state index is 12.5. The number of carbonyl (C=O) groups excluding carboxylic acids is 2. The molecule has 0 spiro atoms. The van der Waals surface area contributed by atoms with E-state index in [9.17, 15) is 9.59 Å². The van der Waals surface area contributed by atoms with Crippen molar-refractivity contribution in [2.24, 2.45) is 5.92 Å². The summed E-state index contributed by atoms with van der Waals surface area (Å²) in [5, 5.41) is 2.78. The van der Waals surface area contributed by atoms with E-state index in [-0.39, 0.29) is 11.8 Å². The Kier molecular flexibility index (Phi) is 4.51. The molecule has 3 aliphatic rings. The fourth-order valence-corrected chi connectivity index (χ4v) is 4.31. The fraction of sp³-hybridized carbons (Fsp3) is 0.292. The highest BCUT2D eigenvalue weighted by molar-refractivity contribution is 5.94. The van der Waals surface area contributed by atoms with E-state index in [0.717, 1.165) is 37.1 Å². The van der Waals surface area contributed by atoms with Crippen LogP contribution in [0.2, 0.25) is 0 Å². The van der Waals surface area contributed by atoms with Crippen molar-refractivity contribution in [2.75, 3.05) is 18.4 Å². The molecule has 146 valence electrons. The molecular weight excluding hydrogens is 362 g/mol. The Bertz CT molecular complexity index is 1050. The first kappa shape index (κ1) is 17.9. The first-order valence-corrected chi connectivity index (χ1v) is 10.2. The topological polar surface area (TPSA) is 62.3 Å². The molecule has 1 aliphatic carbocycles. The Morgan fingerprint density at radius 3 is 2.83 bits per heavy atom. The number of pyridine rings is 1. The van der Waals surface area contributed by atoms with Gasteiger partial charge in [0.2, 0.25) is 11.8 Å². The number of rotatable bonds is 3. The van der Waals surface area contributed by atoms with E-state index in [1.807, 2.05) is 17.0 Å². The summed E-state index contributed by atoms with van der Waals surface area (Å²) in [4.78, 5) is 30.1. The van der Waals surface area contributed by atoms with Gasteiger partial charge in [0.05, 0.1) is 0 Å². The van der Waals surface area contributed by atoms with Gasteiger partial charge < -0.3 is 10.2 Å². The van der Waals surface area contributed by atoms with E-state index in [1.165, 1.54) is 16.7 Å². The minimum atomic E-state index is 0.00683. The molecule has 1 aromatic carbocycles. The zero-order valence-corrected chi connectivity index (χ0v) is 16.2. The van der Waals surface area contributed by atoms with Crippen LogP contribution in [0.1, 0.15) is 35.1 Å². The van der Waals surface area contributed by atoms with Crippen molar-refractivity contribution in [1.29, 1.82) is 0 Å². The molecule has 5 heteroatoms. The molecule has 0 radical (unpaired) electrons. The molecule has 1 aromatic heterocycles. The van der Waals surface area contributed by atoms with Gasteiger partial charge in [-0.15, -0.1) is 0 Å². The average molecular weight is 385 g/mol. The lowest BCUT2D eigenvalue weighted by atomic mass is 9.82. The summed E-state index contributed by atoms with van der Waals surface area (Å²) in [5.41, 5.74) is 6.13. The standard InChI is InChI=1S/C24H23N3O2/c28-22-9-8-20-11-16(13-25-24(20)26-22)5-10-23(29)27-14-21(15-27)19-7-6-17-3-1-2-4-18(17)12-19/h1-5,10-13,21H,6-9,14-15H2,(H,25,26,28)/b10-5+. The molecule has 0 unspecified atom stereocenters. The first-order chi connectivity index (χ1) is 14.2. The second kappa shape index (κ2) is 7.32. The van der Waals surface area contributed by atoms with Crippen LogP contribution in [-0.2, 0) is 22.4 Å². The van der Waals surface area contributed by atoms with Crippen molar-refractivity contribution in [3.05, 3.63) is 70.4 Å². The first-order valence-electron chi connectivity index (χ1n) is 10.2. The fourth-order valence-electron chi connectivity index (χ4n) is 4.31. The molecule has 0 saturated carbocycles. The average Bonchev–Trinajstić information content (AvgIpc) is 2.71. The largest absolute Gasteiger partial charge is 0.338 e. The van der Waals surface area contributed by atoms with E-state index in [2.05, 4.69) is 40.6 Å². The number of carbonyl (C=O) groups is 2. The van der Waals surface area contributed by atoms with Gasteiger partial charge in [-0.3, -0.25) is 9.59 Å². The van der Waals surface area contributed by atoms with E-state index >= 15 is 0 Å². The molecule has 2 amide bonds. The summed E-state index contributed by atoms with van der Waals surface area (Å²) < 4.78 is 0. The summed E-state index contributed by atoms with van der Waals surface area (Å²) in [6.45, 7) is 1.59. The number of nitrogens with one attached hydrogen (secondary N) is 1. The number of hydrogen-bond donors (Lipinski definition) is 1. The number of aromatic nitrogens is 1. The third-order valence-electron chi connectivity index (χ3n) is 6.08. The highest BCUT2D eigenvalue weighted by atomic mass is 16.2. The Morgan fingerprint density at radius 1 is 1.10 bits per heavy atom. The van der Waals surface area contributed by atoms with Gasteiger partial charge in [0.1, 0.15) is 5.82 Å². The van der Waals surface area contributed by atoms with Gasteiger partial charge in [-0.25, -0.2) is 4.98 Å². The van der Waals surface area contributed by atoms with Crippen LogP contribution in [0.4, 0.5) is 5.82 Å². The summed E-state index contributed by atoms with van der Waals surface area (Å²) in [6.07, 6.45) is 10.8. The molecule has 1 fully saturated rings. The van der Waals surface area contributed by atoms with Gasteiger partial charge in [0.15, 0.2) is 0 Å². The van der Waals surface area contributed by atoms with Gasteiger partial charge in [-0.05, 0) is 53.7 Å². The molecular formula is C24H23N3O2. The van der Waals surface area contributed by atoms with E-state index in [1.54, 1.807) is 12.3 Å². The predicted octanol–water partition coefficient (Wildman–Crippen LogP) is 3.47. The van der Waals surface area contributed by atoms with Crippen molar-refractivity contribution >= 4 is 29.8 Å². The summed E-state index contributed by atoms with van der Waals surface area (Å²) in [7, 11) is 0. The highest BCUT2D eigenvalue weighted by Crippen LogP contribution is 2.33. The quantitative estimate of drug-likeness (QED) is 0.823. The zero-order valence-electron chi connectivity index (χ0n) is 16.2. The minimum absolute atomic E-state index is 0.00683. The summed E-state index contributed by atoms with van der Waals surface area (Å²) in [5.74, 6) is 1.17. The maximum Gasteiger partial charge on any atom is 0.246 e. The SMILES string of the molecule is O=C1CCc2cc(/C=C/C(=O)N3CC(C4=Cc5ccccc5CC4)C3)cnc2N1. The van der Waals surface area contributed by atoms with Crippen LogP contribution in [0.5, 0.6) is 0 Å². The highest BCUT2D eigenvalue weighted by Gasteiger charge is 2.32. The van der Waals surface area contributed by atoms with Crippen LogP contribution >= 0.6 is 0 Å². The van der Waals surface area contributed by atoms with Gasteiger partial charge >= 0.3 is 0 Å². The van der Waals surface area contributed by atoms with Crippen LogP contribution in [0.25, 0.3) is 12.2 Å². The molecule has 29 heavy (non-hydrogen) atoms. The number of nitrogens with zero attached hydrogens (tertiary/aromatic N) is 2. The summed E-state index contributed by atoms with van der Waals surface area (Å²) in [6, 6.07) is 10.6. The van der Waals surface area contributed by atoms with Crippen LogP contribution in [0, 0.1) is 5.92 Å². The molecule has 0 atom stereocenters. The second-order valence-electron chi connectivity index (χ2n) is 8.02. The molecule has 5 rings (SSSR count). The molecule has 2 aromatic rings. The monoisotopic (exact) mass is 385 g/mol. The summed E-state index contributed by atoms with van der Waals surface area (Å²) >= 11 is 0. The predicted molar refractivity (Wildman–Crippen MR) is 113 cm³/mol. The van der Waals surface area contributed by atoms with Crippen molar-refractivity contribution in [3.63, 3.8) is 0 Å². The van der Waals surface area contributed by atoms with Crippen LogP contribution in [0.3, 0.4) is 0 Å². The van der Waals surface area contributed by atoms with Crippen molar-refractivity contribution in [3.8, 4) is 0 Å². The van der Waals surface area contributed by atoms with E-state index in [0.29, 0.717) is 24.6 Å². The molecule has 1 N–H and O–H groups in total. The van der Waals surface area contributed by atoms with Crippen LogP contribution in [-0.4, -0.2) is 34.8 Å². The van der Waals surface area contributed by atoms with E-state index < -0.39 is 0 Å². The Balaban J connectivity index is 1.19. The molecule has 2 aliphatic heterocycles.